The number of nitrogens with zero attached hydrogens (tertiary/aromatic N) is 3. The van der Waals surface area contributed by atoms with Crippen LogP contribution in [0.1, 0.15) is 21.4 Å². The van der Waals surface area contributed by atoms with Crippen LogP contribution in [0.15, 0.2) is 23.7 Å². The zero-order valence-corrected chi connectivity index (χ0v) is 13.0. The van der Waals surface area contributed by atoms with Gasteiger partial charge >= 0.3 is 0 Å². The highest BCUT2D eigenvalue weighted by molar-refractivity contribution is 7.10. The monoisotopic (exact) mass is 312 g/mol. The van der Waals surface area contributed by atoms with Crippen LogP contribution in [0, 0.1) is 0 Å². The molecule has 0 fully saturated rings. The highest BCUT2D eigenvalue weighted by atomic mass is 35.5. The number of carbonyl (C=O) groups excluding carboxylic acids is 1. The van der Waals surface area contributed by atoms with Crippen LogP contribution in [0.3, 0.4) is 0 Å². The molecule has 0 saturated carbocycles. The van der Waals surface area contributed by atoms with E-state index in [-0.39, 0.29) is 5.78 Å². The van der Waals surface area contributed by atoms with Gasteiger partial charge in [0.25, 0.3) is 0 Å². The highest BCUT2D eigenvalue weighted by Gasteiger charge is 2.25. The Morgan fingerprint density at radius 1 is 1.60 bits per heavy atom. The number of likely N-dealkylation sites (N-methyl/N-ethyl adjacent to an activating group) is 1. The van der Waals surface area contributed by atoms with Gasteiger partial charge in [0.1, 0.15) is 11.7 Å². The normalized spacial score (nSPS) is 12.8. The number of hydrogen-bond acceptors (Lipinski definition) is 5. The van der Waals surface area contributed by atoms with E-state index in [2.05, 4.69) is 5.10 Å². The summed E-state index contributed by atoms with van der Waals surface area (Å²) < 4.78 is 1.62. The average molecular weight is 313 g/mol. The fraction of sp³-hybridized carbons (Fsp3) is 0.385. The van der Waals surface area contributed by atoms with E-state index in [0.717, 1.165) is 11.4 Å². The third kappa shape index (κ3) is 3.27. The molecule has 20 heavy (non-hydrogen) atoms. The second-order valence-electron chi connectivity index (χ2n) is 4.72. The van der Waals surface area contributed by atoms with Crippen molar-refractivity contribution in [2.24, 2.45) is 5.73 Å². The van der Waals surface area contributed by atoms with Gasteiger partial charge in [0.15, 0.2) is 0 Å². The van der Waals surface area contributed by atoms with Crippen LogP contribution in [0.25, 0.3) is 0 Å². The van der Waals surface area contributed by atoms with Crippen LogP contribution in [-0.4, -0.2) is 41.1 Å². The summed E-state index contributed by atoms with van der Waals surface area (Å²) in [6.45, 7) is 1.37. The molecular weight excluding hydrogens is 296 g/mol. The molecule has 0 aliphatic carbocycles. The van der Waals surface area contributed by atoms with E-state index in [9.17, 15) is 4.79 Å². The van der Waals surface area contributed by atoms with Crippen LogP contribution in [-0.2, 0) is 6.54 Å². The number of hydrogen-bond donors (Lipinski definition) is 1. The molecule has 0 aliphatic rings. The summed E-state index contributed by atoms with van der Waals surface area (Å²) in [5.41, 5.74) is 6.40. The fourth-order valence-electron chi connectivity index (χ4n) is 1.82. The van der Waals surface area contributed by atoms with Gasteiger partial charge < -0.3 is 10.6 Å². The third-order valence-corrected chi connectivity index (χ3v) is 4.15. The Morgan fingerprint density at radius 2 is 2.35 bits per heavy atom. The number of Topliss-reactive ketones (excluding diaryl/α,β-unsaturated/α-hetero) is 1. The summed E-state index contributed by atoms with van der Waals surface area (Å²) >= 11 is 7.55. The van der Waals surface area contributed by atoms with E-state index in [1.54, 1.807) is 4.68 Å². The smallest absolute Gasteiger partial charge is 0.204 e. The Morgan fingerprint density at radius 3 is 2.95 bits per heavy atom. The second kappa shape index (κ2) is 6.49. The average Bonchev–Trinajstić information content (AvgIpc) is 3.04. The van der Waals surface area contributed by atoms with Crippen molar-refractivity contribution in [1.82, 2.24) is 14.7 Å². The summed E-state index contributed by atoms with van der Waals surface area (Å²) in [4.78, 5) is 15.4. The van der Waals surface area contributed by atoms with E-state index in [1.165, 1.54) is 17.5 Å². The number of carbonyl (C=O) groups is 1. The van der Waals surface area contributed by atoms with Gasteiger partial charge in [-0.05, 0) is 25.5 Å². The standard InChI is InChI=1S/C13H17ClN4OS/c1-17(2)5-6-18-12(9(14)8-16-18)13(19)11(15)10-4-3-7-20-10/h3-4,7-8,11H,5-6,15H2,1-2H3. The van der Waals surface area contributed by atoms with E-state index < -0.39 is 6.04 Å². The molecular formula is C13H17ClN4OS. The first-order valence-electron chi connectivity index (χ1n) is 6.20. The molecule has 2 heterocycles. The lowest BCUT2D eigenvalue weighted by atomic mass is 10.1. The van der Waals surface area contributed by atoms with Crippen molar-refractivity contribution in [2.45, 2.75) is 12.6 Å². The molecule has 1 atom stereocenters. The van der Waals surface area contributed by atoms with Gasteiger partial charge in [-0.25, -0.2) is 0 Å². The molecule has 2 N–H and O–H groups in total. The predicted octanol–water partition coefficient (Wildman–Crippen LogP) is 2.04. The Kier molecular flexibility index (Phi) is 4.93. The summed E-state index contributed by atoms with van der Waals surface area (Å²) in [5.74, 6) is -0.200. The van der Waals surface area contributed by atoms with Crippen molar-refractivity contribution in [1.29, 1.82) is 0 Å². The van der Waals surface area contributed by atoms with E-state index in [1.807, 2.05) is 36.5 Å². The minimum atomic E-state index is -0.692. The van der Waals surface area contributed by atoms with Gasteiger partial charge in [-0.3, -0.25) is 9.48 Å². The van der Waals surface area contributed by atoms with Crippen LogP contribution in [0.2, 0.25) is 5.02 Å². The molecule has 108 valence electrons. The molecule has 2 aromatic rings. The first kappa shape index (κ1) is 15.2. The van der Waals surface area contributed by atoms with Crippen LogP contribution >= 0.6 is 22.9 Å². The lowest BCUT2D eigenvalue weighted by molar-refractivity contribution is 0.0951. The number of aromatic nitrogens is 2. The second-order valence-corrected chi connectivity index (χ2v) is 6.11. The highest BCUT2D eigenvalue weighted by Crippen LogP contribution is 2.24. The number of nitrogens with two attached hydrogens (primary N) is 1. The van der Waals surface area contributed by atoms with Gasteiger partial charge in [0, 0.05) is 11.4 Å². The molecule has 0 saturated heterocycles. The first-order valence-corrected chi connectivity index (χ1v) is 7.45. The quantitative estimate of drug-likeness (QED) is 0.829. The van der Waals surface area contributed by atoms with Crippen molar-refractivity contribution in [3.8, 4) is 0 Å². The van der Waals surface area contributed by atoms with Crippen molar-refractivity contribution in [2.75, 3.05) is 20.6 Å². The molecule has 0 amide bonds. The molecule has 5 nitrogen and oxygen atoms in total. The van der Waals surface area contributed by atoms with Gasteiger partial charge in [0.05, 0.1) is 17.8 Å². The minimum Gasteiger partial charge on any atom is -0.317 e. The summed E-state index contributed by atoms with van der Waals surface area (Å²) in [6.07, 6.45) is 1.49. The van der Waals surface area contributed by atoms with Gasteiger partial charge in [-0.1, -0.05) is 17.7 Å². The van der Waals surface area contributed by atoms with Crippen LogP contribution < -0.4 is 5.73 Å². The summed E-state index contributed by atoms with van der Waals surface area (Å²) in [7, 11) is 3.92. The fourth-order valence-corrected chi connectivity index (χ4v) is 2.78. The minimum absolute atomic E-state index is 0.200. The Hall–Kier alpha value is -1.21. The van der Waals surface area contributed by atoms with Gasteiger partial charge in [0.2, 0.25) is 5.78 Å². The third-order valence-electron chi connectivity index (χ3n) is 2.92. The molecule has 2 rings (SSSR count). The zero-order chi connectivity index (χ0) is 14.7. The molecule has 0 radical (unpaired) electrons. The molecule has 0 aliphatic heterocycles. The van der Waals surface area contributed by atoms with Crippen LogP contribution in [0.5, 0.6) is 0 Å². The SMILES string of the molecule is CN(C)CCn1ncc(Cl)c1C(=O)C(N)c1cccs1. The van der Waals surface area contributed by atoms with Gasteiger partial charge in [-0.15, -0.1) is 11.3 Å². The van der Waals surface area contributed by atoms with E-state index in [4.69, 9.17) is 17.3 Å². The number of thiophene rings is 1. The van der Waals surface area contributed by atoms with Gasteiger partial charge in [-0.2, -0.15) is 5.10 Å². The van der Waals surface area contributed by atoms with Crippen molar-refractivity contribution < 1.29 is 4.79 Å². The maximum Gasteiger partial charge on any atom is 0.204 e. The molecule has 1 unspecified atom stereocenters. The Bertz CT molecular complexity index is 579. The number of rotatable bonds is 6. The van der Waals surface area contributed by atoms with E-state index >= 15 is 0 Å². The molecule has 0 bridgehead atoms. The molecule has 0 aromatic carbocycles. The largest absolute Gasteiger partial charge is 0.317 e. The maximum absolute atomic E-state index is 12.5. The molecule has 0 spiro atoms. The first-order chi connectivity index (χ1) is 9.50. The topological polar surface area (TPSA) is 64.2 Å². The zero-order valence-electron chi connectivity index (χ0n) is 11.4. The maximum atomic E-state index is 12.5. The van der Waals surface area contributed by atoms with Crippen molar-refractivity contribution >= 4 is 28.7 Å². The van der Waals surface area contributed by atoms with E-state index in [0.29, 0.717) is 17.3 Å². The van der Waals surface area contributed by atoms with Crippen molar-refractivity contribution in [3.05, 3.63) is 39.3 Å². The number of halogens is 1. The van der Waals surface area contributed by atoms with Crippen LogP contribution in [0.4, 0.5) is 0 Å². The summed E-state index contributed by atoms with van der Waals surface area (Å²) in [5, 5.41) is 6.40. The Balaban J connectivity index is 2.23. The lowest BCUT2D eigenvalue weighted by Crippen LogP contribution is -2.26. The molecule has 2 aromatic heterocycles. The molecule has 7 heteroatoms. The Labute approximate surface area is 126 Å². The number of ketones is 1. The van der Waals surface area contributed by atoms with Crippen molar-refractivity contribution in [3.63, 3.8) is 0 Å². The summed E-state index contributed by atoms with van der Waals surface area (Å²) in [6, 6.07) is 3.03. The predicted molar refractivity (Wildman–Crippen MR) is 81.4 cm³/mol. The lowest BCUT2D eigenvalue weighted by Gasteiger charge is -2.13.